The van der Waals surface area contributed by atoms with Crippen LogP contribution in [-0.4, -0.2) is 50.5 Å². The summed E-state index contributed by atoms with van der Waals surface area (Å²) in [4.78, 5) is 2.38. The van der Waals surface area contributed by atoms with Gasteiger partial charge >= 0.3 is 0 Å². The van der Waals surface area contributed by atoms with Crippen LogP contribution in [-0.2, 0) is 9.84 Å². The molecule has 1 saturated carbocycles. The molecule has 0 aromatic carbocycles. The van der Waals surface area contributed by atoms with Crippen molar-refractivity contribution < 1.29 is 8.42 Å². The van der Waals surface area contributed by atoms with Crippen molar-refractivity contribution >= 4 is 9.84 Å². The second-order valence-corrected chi connectivity index (χ2v) is 8.03. The summed E-state index contributed by atoms with van der Waals surface area (Å²) < 4.78 is 23.4. The Hall–Kier alpha value is -0.130. The highest BCUT2D eigenvalue weighted by atomic mass is 32.2. The molecule has 114 valence electrons. The third kappa shape index (κ3) is 6.72. The maximum absolute atomic E-state index is 11.7. The first-order chi connectivity index (χ1) is 9.09. The summed E-state index contributed by atoms with van der Waals surface area (Å²) in [7, 11) is -2.86. The topological polar surface area (TPSA) is 63.4 Å². The molecule has 0 heterocycles. The van der Waals surface area contributed by atoms with Crippen molar-refractivity contribution in [1.29, 1.82) is 0 Å². The Morgan fingerprint density at radius 1 is 1.11 bits per heavy atom. The van der Waals surface area contributed by atoms with E-state index in [2.05, 4.69) is 4.90 Å². The van der Waals surface area contributed by atoms with Crippen molar-refractivity contribution in [1.82, 2.24) is 4.90 Å². The SMILES string of the molecule is CCS(=O)(=O)CCN(CCCN)C1CCCCCC1. The van der Waals surface area contributed by atoms with E-state index in [9.17, 15) is 8.42 Å². The van der Waals surface area contributed by atoms with Gasteiger partial charge in [-0.15, -0.1) is 0 Å². The van der Waals surface area contributed by atoms with Gasteiger partial charge in [0.1, 0.15) is 0 Å². The third-order valence-electron chi connectivity index (χ3n) is 4.12. The summed E-state index contributed by atoms with van der Waals surface area (Å²) in [6, 6.07) is 0.570. The zero-order valence-corrected chi connectivity index (χ0v) is 13.1. The van der Waals surface area contributed by atoms with Gasteiger partial charge in [-0.05, 0) is 32.4 Å². The van der Waals surface area contributed by atoms with E-state index in [0.717, 1.165) is 13.0 Å². The van der Waals surface area contributed by atoms with Crippen molar-refractivity contribution in [2.75, 3.05) is 31.1 Å². The highest BCUT2D eigenvalue weighted by molar-refractivity contribution is 7.91. The third-order valence-corrected chi connectivity index (χ3v) is 5.80. The fourth-order valence-electron chi connectivity index (χ4n) is 2.79. The van der Waals surface area contributed by atoms with Gasteiger partial charge in [0.15, 0.2) is 9.84 Å². The first-order valence-electron chi connectivity index (χ1n) is 7.73. The van der Waals surface area contributed by atoms with Crippen LogP contribution < -0.4 is 5.73 Å². The maximum Gasteiger partial charge on any atom is 0.151 e. The van der Waals surface area contributed by atoms with Crippen LogP contribution in [0.25, 0.3) is 0 Å². The Morgan fingerprint density at radius 2 is 1.74 bits per heavy atom. The fraction of sp³-hybridized carbons (Fsp3) is 1.00. The summed E-state index contributed by atoms with van der Waals surface area (Å²) in [5.41, 5.74) is 5.60. The lowest BCUT2D eigenvalue weighted by Crippen LogP contribution is -2.39. The zero-order chi connectivity index (χ0) is 14.1. The molecular formula is C14H30N2O2S. The Kier molecular flexibility index (Phi) is 7.95. The molecule has 5 heteroatoms. The van der Waals surface area contributed by atoms with E-state index >= 15 is 0 Å². The average Bonchev–Trinajstić information content (AvgIpc) is 2.68. The molecule has 0 atom stereocenters. The number of nitrogens with two attached hydrogens (primary N) is 1. The number of sulfone groups is 1. The van der Waals surface area contributed by atoms with Gasteiger partial charge in [0.2, 0.25) is 0 Å². The average molecular weight is 290 g/mol. The number of hydrogen-bond donors (Lipinski definition) is 1. The molecule has 0 aromatic heterocycles. The van der Waals surface area contributed by atoms with Gasteiger partial charge in [0.25, 0.3) is 0 Å². The van der Waals surface area contributed by atoms with Crippen LogP contribution in [0.5, 0.6) is 0 Å². The molecule has 0 aromatic rings. The normalized spacial score (nSPS) is 18.7. The van der Waals surface area contributed by atoms with Crippen molar-refractivity contribution in [3.05, 3.63) is 0 Å². The lowest BCUT2D eigenvalue weighted by atomic mass is 10.1. The Morgan fingerprint density at radius 3 is 2.26 bits per heavy atom. The van der Waals surface area contributed by atoms with Crippen molar-refractivity contribution in [2.24, 2.45) is 5.73 Å². The molecule has 0 radical (unpaired) electrons. The Labute approximate surface area is 118 Å². The first kappa shape index (κ1) is 16.9. The van der Waals surface area contributed by atoms with E-state index in [0.29, 0.717) is 24.9 Å². The number of nitrogens with zero attached hydrogens (tertiary/aromatic N) is 1. The van der Waals surface area contributed by atoms with Gasteiger partial charge in [-0.2, -0.15) is 0 Å². The zero-order valence-electron chi connectivity index (χ0n) is 12.3. The van der Waals surface area contributed by atoms with Gasteiger partial charge in [-0.25, -0.2) is 8.42 Å². The summed E-state index contributed by atoms with van der Waals surface area (Å²) in [5.74, 6) is 0.549. The predicted molar refractivity (Wildman–Crippen MR) is 81.1 cm³/mol. The van der Waals surface area contributed by atoms with E-state index in [1.54, 1.807) is 6.92 Å². The fourth-order valence-corrected chi connectivity index (χ4v) is 3.60. The van der Waals surface area contributed by atoms with Crippen LogP contribution in [0, 0.1) is 0 Å². The molecule has 0 saturated heterocycles. The summed E-state index contributed by atoms with van der Waals surface area (Å²) >= 11 is 0. The molecule has 1 aliphatic carbocycles. The number of hydrogen-bond acceptors (Lipinski definition) is 4. The van der Waals surface area contributed by atoms with E-state index < -0.39 is 9.84 Å². The largest absolute Gasteiger partial charge is 0.330 e. The second kappa shape index (κ2) is 8.93. The Bertz CT molecular complexity index is 322. The minimum absolute atomic E-state index is 0.252. The van der Waals surface area contributed by atoms with Crippen LogP contribution in [0.3, 0.4) is 0 Å². The highest BCUT2D eigenvalue weighted by Gasteiger charge is 2.21. The lowest BCUT2D eigenvalue weighted by molar-refractivity contribution is 0.188. The molecule has 0 unspecified atom stereocenters. The van der Waals surface area contributed by atoms with Gasteiger partial charge in [0.05, 0.1) is 5.75 Å². The molecule has 1 rings (SSSR count). The highest BCUT2D eigenvalue weighted by Crippen LogP contribution is 2.22. The van der Waals surface area contributed by atoms with E-state index in [-0.39, 0.29) is 5.75 Å². The minimum Gasteiger partial charge on any atom is -0.330 e. The summed E-state index contributed by atoms with van der Waals surface area (Å²) in [6.07, 6.45) is 8.62. The second-order valence-electron chi connectivity index (χ2n) is 5.56. The van der Waals surface area contributed by atoms with Gasteiger partial charge in [-0.3, -0.25) is 4.90 Å². The van der Waals surface area contributed by atoms with Crippen LogP contribution >= 0.6 is 0 Å². The molecule has 0 amide bonds. The Balaban J connectivity index is 2.54. The molecular weight excluding hydrogens is 260 g/mol. The quantitative estimate of drug-likeness (QED) is 0.692. The lowest BCUT2D eigenvalue weighted by Gasteiger charge is -2.31. The monoisotopic (exact) mass is 290 g/mol. The van der Waals surface area contributed by atoms with E-state index in [1.165, 1.54) is 38.5 Å². The van der Waals surface area contributed by atoms with Crippen LogP contribution in [0.2, 0.25) is 0 Å². The molecule has 19 heavy (non-hydrogen) atoms. The van der Waals surface area contributed by atoms with Gasteiger partial charge in [-0.1, -0.05) is 32.6 Å². The van der Waals surface area contributed by atoms with E-state index in [1.807, 2.05) is 0 Å². The smallest absolute Gasteiger partial charge is 0.151 e. The van der Waals surface area contributed by atoms with E-state index in [4.69, 9.17) is 5.73 Å². The standard InChI is InChI=1S/C14H30N2O2S/c1-2-19(17,18)13-12-16(11-7-10-15)14-8-5-3-4-6-9-14/h14H,2-13,15H2,1H3. The van der Waals surface area contributed by atoms with Crippen molar-refractivity contribution in [3.63, 3.8) is 0 Å². The number of rotatable bonds is 8. The summed E-state index contributed by atoms with van der Waals surface area (Å²) in [5, 5.41) is 0. The molecule has 4 nitrogen and oxygen atoms in total. The van der Waals surface area contributed by atoms with Crippen LogP contribution in [0.15, 0.2) is 0 Å². The summed E-state index contributed by atoms with van der Waals surface area (Å²) in [6.45, 7) is 4.04. The molecule has 2 N–H and O–H groups in total. The molecule has 0 bridgehead atoms. The molecule has 1 aliphatic rings. The molecule has 1 fully saturated rings. The maximum atomic E-state index is 11.7. The minimum atomic E-state index is -2.86. The van der Waals surface area contributed by atoms with Crippen molar-refractivity contribution in [3.8, 4) is 0 Å². The van der Waals surface area contributed by atoms with Gasteiger partial charge in [0, 0.05) is 18.3 Å². The van der Waals surface area contributed by atoms with Gasteiger partial charge < -0.3 is 5.73 Å². The predicted octanol–water partition coefficient (Wildman–Crippen LogP) is 1.79. The van der Waals surface area contributed by atoms with Crippen molar-refractivity contribution in [2.45, 2.75) is 57.9 Å². The molecule has 0 spiro atoms. The van der Waals surface area contributed by atoms with Crippen LogP contribution in [0.1, 0.15) is 51.9 Å². The molecule has 0 aliphatic heterocycles. The van der Waals surface area contributed by atoms with Crippen LogP contribution in [0.4, 0.5) is 0 Å². The first-order valence-corrected chi connectivity index (χ1v) is 9.55.